The van der Waals surface area contributed by atoms with Gasteiger partial charge in [-0.05, 0) is 59.4 Å². The maximum Gasteiger partial charge on any atom is 0.258 e. The molecule has 2 aromatic rings. The molecule has 7 heteroatoms. The molecule has 1 fully saturated rings. The summed E-state index contributed by atoms with van der Waals surface area (Å²) < 4.78 is 20.0. The normalized spacial score (nSPS) is 14.8. The fraction of sp³-hybridized carbons (Fsp3) is 0.316. The first-order valence-corrected chi connectivity index (χ1v) is 11.2. The largest absolute Gasteiger partial charge is 0.484 e. The molecule has 0 spiro atoms. The van der Waals surface area contributed by atoms with Gasteiger partial charge >= 0.3 is 0 Å². The van der Waals surface area contributed by atoms with Gasteiger partial charge in [0.25, 0.3) is 5.91 Å². The van der Waals surface area contributed by atoms with Gasteiger partial charge in [-0.2, -0.15) is 0 Å². The zero-order valence-corrected chi connectivity index (χ0v) is 17.3. The molecule has 1 aliphatic heterocycles. The molecular weight excluding hydrogens is 437 g/mol. The van der Waals surface area contributed by atoms with E-state index in [4.69, 9.17) is 4.74 Å². The van der Waals surface area contributed by atoms with E-state index in [2.05, 4.69) is 33.4 Å². The van der Waals surface area contributed by atoms with Crippen LogP contribution >= 0.6 is 39.5 Å². The highest BCUT2D eigenvalue weighted by molar-refractivity contribution is 9.10. The fourth-order valence-corrected chi connectivity index (χ4v) is 5.92. The summed E-state index contributed by atoms with van der Waals surface area (Å²) in [6, 6.07) is 12.5. The molecule has 0 atom stereocenters. The van der Waals surface area contributed by atoms with E-state index in [1.807, 2.05) is 35.7 Å². The van der Waals surface area contributed by atoms with Crippen molar-refractivity contribution in [3.63, 3.8) is 0 Å². The molecule has 1 heterocycles. The van der Waals surface area contributed by atoms with Crippen molar-refractivity contribution in [3.8, 4) is 5.75 Å². The van der Waals surface area contributed by atoms with E-state index in [-0.39, 0.29) is 24.9 Å². The van der Waals surface area contributed by atoms with Crippen molar-refractivity contribution in [2.24, 2.45) is 0 Å². The highest BCUT2D eigenvalue weighted by atomic mass is 79.9. The molecule has 1 amide bonds. The Balaban J connectivity index is 1.45. The number of nitrogens with one attached hydrogen (secondary N) is 1. The van der Waals surface area contributed by atoms with E-state index >= 15 is 0 Å². The number of hydrogen-bond acceptors (Lipinski definition) is 4. The molecule has 0 bridgehead atoms. The van der Waals surface area contributed by atoms with E-state index in [0.717, 1.165) is 0 Å². The predicted molar refractivity (Wildman–Crippen MR) is 110 cm³/mol. The fourth-order valence-electron chi connectivity index (χ4n) is 2.51. The molecule has 1 saturated heterocycles. The van der Waals surface area contributed by atoms with Crippen molar-refractivity contribution in [3.05, 3.63) is 63.9 Å². The number of ether oxygens (including phenoxy) is 1. The number of hydrogen-bond donors (Lipinski definition) is 1. The highest BCUT2D eigenvalue weighted by Crippen LogP contribution is 2.43. The van der Waals surface area contributed by atoms with Crippen LogP contribution in [-0.2, 0) is 11.3 Å². The molecule has 0 aliphatic carbocycles. The minimum atomic E-state index is -0.339. The van der Waals surface area contributed by atoms with Crippen LogP contribution in [0.4, 0.5) is 4.39 Å². The van der Waals surface area contributed by atoms with Gasteiger partial charge in [-0.1, -0.05) is 28.1 Å². The number of amides is 1. The molecule has 3 nitrogen and oxygen atoms in total. The number of carbonyl (C=O) groups excluding carboxylic acids is 1. The highest BCUT2D eigenvalue weighted by Gasteiger charge is 2.16. The minimum Gasteiger partial charge on any atom is -0.484 e. The summed E-state index contributed by atoms with van der Waals surface area (Å²) in [5.41, 5.74) is 1.98. The van der Waals surface area contributed by atoms with Crippen LogP contribution in [-0.4, -0.2) is 24.0 Å². The van der Waals surface area contributed by atoms with Crippen LogP contribution in [0.25, 0.3) is 0 Å². The molecule has 3 rings (SSSR count). The molecular formula is C19H19BrFNO2S2. The van der Waals surface area contributed by atoms with Crippen LogP contribution in [0.2, 0.25) is 0 Å². The van der Waals surface area contributed by atoms with Gasteiger partial charge in [0.1, 0.15) is 11.6 Å². The van der Waals surface area contributed by atoms with Crippen LogP contribution in [0.15, 0.2) is 46.9 Å². The van der Waals surface area contributed by atoms with E-state index in [9.17, 15) is 9.18 Å². The van der Waals surface area contributed by atoms with E-state index in [0.29, 0.717) is 20.4 Å². The van der Waals surface area contributed by atoms with Crippen molar-refractivity contribution in [1.29, 1.82) is 0 Å². The van der Waals surface area contributed by atoms with Gasteiger partial charge in [0.05, 0.1) is 4.58 Å². The molecule has 1 aliphatic rings. The van der Waals surface area contributed by atoms with E-state index < -0.39 is 0 Å². The smallest absolute Gasteiger partial charge is 0.258 e. The standard InChI is InChI=1S/C19H19BrFNO2S2/c20-15-8-13(9-16(21)10-15)11-22-18(23)12-24-17-4-2-14(3-5-17)19-25-6-1-7-26-19/h2-5,8-10,19H,1,6-7,11-12H2,(H,22,23). The Labute approximate surface area is 169 Å². The monoisotopic (exact) mass is 455 g/mol. The first-order valence-electron chi connectivity index (χ1n) is 8.28. The van der Waals surface area contributed by atoms with Crippen molar-refractivity contribution < 1.29 is 13.9 Å². The molecule has 138 valence electrons. The van der Waals surface area contributed by atoms with Crippen molar-refractivity contribution in [2.45, 2.75) is 17.5 Å². The third-order valence-corrected chi connectivity index (χ3v) is 7.23. The van der Waals surface area contributed by atoms with Crippen LogP contribution < -0.4 is 10.1 Å². The maximum absolute atomic E-state index is 13.3. The molecule has 1 N–H and O–H groups in total. The van der Waals surface area contributed by atoms with Crippen molar-refractivity contribution in [2.75, 3.05) is 18.1 Å². The summed E-state index contributed by atoms with van der Waals surface area (Å²) in [6.07, 6.45) is 1.27. The number of thioether (sulfide) groups is 2. The molecule has 0 saturated carbocycles. The second-order valence-electron chi connectivity index (χ2n) is 5.84. The van der Waals surface area contributed by atoms with E-state index in [1.165, 1.54) is 35.6 Å². The van der Waals surface area contributed by atoms with Gasteiger partial charge < -0.3 is 10.1 Å². The second kappa shape index (κ2) is 9.67. The van der Waals surface area contributed by atoms with Crippen LogP contribution in [0.3, 0.4) is 0 Å². The molecule has 0 radical (unpaired) electrons. The lowest BCUT2D eigenvalue weighted by molar-refractivity contribution is -0.123. The quantitative estimate of drug-likeness (QED) is 0.653. The number of carbonyl (C=O) groups is 1. The first-order chi connectivity index (χ1) is 12.6. The molecule has 2 aromatic carbocycles. The lowest BCUT2D eigenvalue weighted by Gasteiger charge is -2.21. The summed E-state index contributed by atoms with van der Waals surface area (Å²) >= 11 is 7.19. The van der Waals surface area contributed by atoms with Gasteiger partial charge in [-0.3, -0.25) is 4.79 Å². The minimum absolute atomic E-state index is 0.0667. The number of halogens is 2. The molecule has 0 unspecified atom stereocenters. The van der Waals surface area contributed by atoms with Gasteiger partial charge in [-0.15, -0.1) is 23.5 Å². The summed E-state index contributed by atoms with van der Waals surface area (Å²) in [5, 5.41) is 2.73. The third kappa shape index (κ3) is 5.93. The molecule has 0 aromatic heterocycles. The Morgan fingerprint density at radius 1 is 1.19 bits per heavy atom. The van der Waals surface area contributed by atoms with Crippen molar-refractivity contribution in [1.82, 2.24) is 5.32 Å². The second-order valence-corrected chi connectivity index (χ2v) is 9.48. The van der Waals surface area contributed by atoms with Gasteiger partial charge in [-0.25, -0.2) is 4.39 Å². The summed E-state index contributed by atoms with van der Waals surface area (Å²) in [7, 11) is 0. The SMILES string of the molecule is O=C(COc1ccc(C2SCCCS2)cc1)NCc1cc(F)cc(Br)c1. The summed E-state index contributed by atoms with van der Waals surface area (Å²) in [4.78, 5) is 11.9. The lowest BCUT2D eigenvalue weighted by atomic mass is 10.2. The number of benzene rings is 2. The van der Waals surface area contributed by atoms with Gasteiger partial charge in [0, 0.05) is 11.0 Å². The molecule has 26 heavy (non-hydrogen) atoms. The topological polar surface area (TPSA) is 38.3 Å². The lowest BCUT2D eigenvalue weighted by Crippen LogP contribution is -2.28. The predicted octanol–water partition coefficient (Wildman–Crippen LogP) is 5.15. The zero-order valence-electron chi connectivity index (χ0n) is 14.0. The Hall–Kier alpha value is -1.18. The van der Waals surface area contributed by atoms with Crippen LogP contribution in [0.1, 0.15) is 22.1 Å². The van der Waals surface area contributed by atoms with Gasteiger partial charge in [0.15, 0.2) is 6.61 Å². The Kier molecular flexibility index (Phi) is 7.28. The van der Waals surface area contributed by atoms with Crippen LogP contribution in [0.5, 0.6) is 5.75 Å². The average Bonchev–Trinajstić information content (AvgIpc) is 2.65. The van der Waals surface area contributed by atoms with Gasteiger partial charge in [0.2, 0.25) is 0 Å². The van der Waals surface area contributed by atoms with Crippen LogP contribution in [0, 0.1) is 5.82 Å². The Morgan fingerprint density at radius 2 is 1.92 bits per heavy atom. The Morgan fingerprint density at radius 3 is 2.62 bits per heavy atom. The van der Waals surface area contributed by atoms with Crippen molar-refractivity contribution >= 4 is 45.4 Å². The van der Waals surface area contributed by atoms with E-state index in [1.54, 1.807) is 6.07 Å². The first kappa shape index (κ1) is 19.6. The number of rotatable bonds is 6. The third-order valence-electron chi connectivity index (χ3n) is 3.76. The zero-order chi connectivity index (χ0) is 18.4. The Bertz CT molecular complexity index is 731. The summed E-state index contributed by atoms with van der Waals surface area (Å²) in [6.45, 7) is 0.191. The average molecular weight is 456 g/mol. The maximum atomic E-state index is 13.3. The summed E-state index contributed by atoms with van der Waals surface area (Å²) in [5.74, 6) is 2.50.